The lowest BCUT2D eigenvalue weighted by Gasteiger charge is -2.10. The van der Waals surface area contributed by atoms with E-state index < -0.39 is 0 Å². The van der Waals surface area contributed by atoms with E-state index in [1.807, 2.05) is 30.3 Å². The molecule has 5 aromatic carbocycles. The van der Waals surface area contributed by atoms with Gasteiger partial charge in [-0.2, -0.15) is 0 Å². The number of furan rings is 2. The van der Waals surface area contributed by atoms with Crippen molar-refractivity contribution in [1.29, 1.82) is 0 Å². The molecule has 0 fully saturated rings. The first-order valence-electron chi connectivity index (χ1n) is 11.2. The molecule has 2 aromatic heterocycles. The monoisotopic (exact) mass is 424 g/mol. The van der Waals surface area contributed by atoms with Gasteiger partial charge in [-0.25, -0.2) is 0 Å². The summed E-state index contributed by atoms with van der Waals surface area (Å²) in [5.41, 5.74) is 9.48. The summed E-state index contributed by atoms with van der Waals surface area (Å²) in [5, 5.41) is 4.53. The number of benzene rings is 5. The van der Waals surface area contributed by atoms with Crippen molar-refractivity contribution in [3.63, 3.8) is 0 Å². The smallest absolute Gasteiger partial charge is 0.136 e. The molecule has 33 heavy (non-hydrogen) atoms. The van der Waals surface area contributed by atoms with Gasteiger partial charge in [0, 0.05) is 21.5 Å². The fourth-order valence-electron chi connectivity index (χ4n) is 4.98. The number of fused-ring (bicyclic) bond motifs is 6. The topological polar surface area (TPSA) is 26.3 Å². The minimum absolute atomic E-state index is 0.897. The number of rotatable bonds is 2. The predicted octanol–water partition coefficient (Wildman–Crippen LogP) is 9.13. The molecule has 0 radical (unpaired) electrons. The highest BCUT2D eigenvalue weighted by Gasteiger charge is 2.19. The zero-order valence-electron chi connectivity index (χ0n) is 18.1. The summed E-state index contributed by atoms with van der Waals surface area (Å²) in [4.78, 5) is 0. The average molecular weight is 424 g/mol. The van der Waals surface area contributed by atoms with E-state index in [1.165, 1.54) is 11.1 Å². The van der Waals surface area contributed by atoms with Crippen molar-refractivity contribution < 1.29 is 8.83 Å². The molecule has 0 aliphatic carbocycles. The molecule has 7 aromatic rings. The van der Waals surface area contributed by atoms with Gasteiger partial charge in [0.1, 0.15) is 22.3 Å². The molecule has 0 aliphatic heterocycles. The van der Waals surface area contributed by atoms with E-state index >= 15 is 0 Å². The third-order valence-corrected chi connectivity index (χ3v) is 6.56. The lowest BCUT2D eigenvalue weighted by Crippen LogP contribution is -1.85. The molecular weight excluding hydrogens is 404 g/mol. The summed E-state index contributed by atoms with van der Waals surface area (Å²) >= 11 is 0. The molecule has 0 N–H and O–H groups in total. The van der Waals surface area contributed by atoms with Gasteiger partial charge in [-0.3, -0.25) is 0 Å². The van der Waals surface area contributed by atoms with Crippen LogP contribution in [0.4, 0.5) is 0 Å². The summed E-state index contributed by atoms with van der Waals surface area (Å²) in [6, 6.07) is 36.0. The molecule has 0 saturated heterocycles. The van der Waals surface area contributed by atoms with Crippen LogP contribution in [-0.4, -0.2) is 0 Å². The highest BCUT2D eigenvalue weighted by Crippen LogP contribution is 2.44. The van der Waals surface area contributed by atoms with Gasteiger partial charge in [-0.15, -0.1) is 0 Å². The fraction of sp³-hybridized carbons (Fsp3) is 0.0323. The van der Waals surface area contributed by atoms with Gasteiger partial charge >= 0.3 is 0 Å². The first kappa shape index (κ1) is 18.3. The highest BCUT2D eigenvalue weighted by molar-refractivity contribution is 6.20. The van der Waals surface area contributed by atoms with Gasteiger partial charge < -0.3 is 8.83 Å². The molecular formula is C31H20O2. The minimum Gasteiger partial charge on any atom is -0.456 e. The van der Waals surface area contributed by atoms with E-state index in [0.717, 1.165) is 60.6 Å². The number of hydrogen-bond donors (Lipinski definition) is 0. The van der Waals surface area contributed by atoms with E-state index in [2.05, 4.69) is 79.7 Å². The zero-order chi connectivity index (χ0) is 21.9. The van der Waals surface area contributed by atoms with Crippen molar-refractivity contribution >= 4 is 43.9 Å². The Hall–Kier alpha value is -4.30. The molecule has 0 aliphatic rings. The van der Waals surface area contributed by atoms with Crippen LogP contribution in [0.2, 0.25) is 0 Å². The summed E-state index contributed by atoms with van der Waals surface area (Å²) in [6.45, 7) is 2.11. The molecule has 2 nitrogen and oxygen atoms in total. The van der Waals surface area contributed by atoms with Crippen LogP contribution < -0.4 is 0 Å². The standard InChI is InChI=1S/C31H20O2/c1-19-13-15-20(16-14-19)21-17-25(31-24-8-3-5-11-27(24)33-29(31)18-21)22-9-6-12-28-30(22)23-7-2-4-10-26(23)32-28/h2-18H,1H3. The van der Waals surface area contributed by atoms with Crippen molar-refractivity contribution in [2.75, 3.05) is 0 Å². The molecule has 0 spiro atoms. The Bertz CT molecular complexity index is 1810. The largest absolute Gasteiger partial charge is 0.456 e. The third-order valence-electron chi connectivity index (χ3n) is 6.56. The van der Waals surface area contributed by atoms with Crippen LogP contribution in [-0.2, 0) is 0 Å². The van der Waals surface area contributed by atoms with Gasteiger partial charge in [0.15, 0.2) is 0 Å². The van der Waals surface area contributed by atoms with Crippen molar-refractivity contribution in [3.05, 3.63) is 109 Å². The summed E-state index contributed by atoms with van der Waals surface area (Å²) < 4.78 is 12.6. The maximum atomic E-state index is 6.36. The lowest BCUT2D eigenvalue weighted by atomic mass is 9.92. The minimum atomic E-state index is 0.897. The molecule has 0 atom stereocenters. The molecule has 156 valence electrons. The van der Waals surface area contributed by atoms with E-state index in [4.69, 9.17) is 8.83 Å². The van der Waals surface area contributed by atoms with Crippen molar-refractivity contribution in [1.82, 2.24) is 0 Å². The Morgan fingerprint density at radius 3 is 1.79 bits per heavy atom. The summed E-state index contributed by atoms with van der Waals surface area (Å²) in [6.07, 6.45) is 0. The van der Waals surface area contributed by atoms with E-state index in [0.29, 0.717) is 0 Å². The SMILES string of the molecule is Cc1ccc(-c2cc(-c3cccc4oc5ccccc5c34)c3c(c2)oc2ccccc23)cc1. The number of aryl methyl sites for hydroxylation is 1. The normalized spacial score (nSPS) is 11.8. The van der Waals surface area contributed by atoms with Gasteiger partial charge in [0.25, 0.3) is 0 Å². The molecule has 0 bridgehead atoms. The van der Waals surface area contributed by atoms with Gasteiger partial charge in [-0.05, 0) is 59.5 Å². The quantitative estimate of drug-likeness (QED) is 0.276. The van der Waals surface area contributed by atoms with Crippen LogP contribution in [0.5, 0.6) is 0 Å². The first-order valence-corrected chi connectivity index (χ1v) is 11.2. The summed E-state index contributed by atoms with van der Waals surface area (Å²) in [7, 11) is 0. The van der Waals surface area contributed by atoms with Crippen LogP contribution in [0.15, 0.2) is 112 Å². The van der Waals surface area contributed by atoms with Crippen LogP contribution in [0.1, 0.15) is 5.56 Å². The number of para-hydroxylation sites is 2. The molecule has 0 amide bonds. The second kappa shape index (κ2) is 6.85. The molecule has 2 heteroatoms. The average Bonchev–Trinajstić information content (AvgIpc) is 3.42. The predicted molar refractivity (Wildman–Crippen MR) is 137 cm³/mol. The fourth-order valence-corrected chi connectivity index (χ4v) is 4.98. The Labute approximate surface area is 190 Å². The van der Waals surface area contributed by atoms with Crippen LogP contribution in [0.25, 0.3) is 66.1 Å². The van der Waals surface area contributed by atoms with Crippen LogP contribution in [0, 0.1) is 6.92 Å². The Morgan fingerprint density at radius 1 is 0.455 bits per heavy atom. The van der Waals surface area contributed by atoms with E-state index in [1.54, 1.807) is 0 Å². The second-order valence-electron chi connectivity index (χ2n) is 8.64. The van der Waals surface area contributed by atoms with Gasteiger partial charge in [-0.1, -0.05) is 78.4 Å². The van der Waals surface area contributed by atoms with Crippen molar-refractivity contribution in [3.8, 4) is 22.3 Å². The third kappa shape index (κ3) is 2.74. The lowest BCUT2D eigenvalue weighted by molar-refractivity contribution is 0.668. The maximum Gasteiger partial charge on any atom is 0.136 e. The van der Waals surface area contributed by atoms with Gasteiger partial charge in [0.2, 0.25) is 0 Å². The molecule has 7 rings (SSSR count). The maximum absolute atomic E-state index is 6.36. The zero-order valence-corrected chi connectivity index (χ0v) is 18.1. The molecule has 2 heterocycles. The Balaban J connectivity index is 1.64. The molecule has 0 saturated carbocycles. The second-order valence-corrected chi connectivity index (χ2v) is 8.64. The Morgan fingerprint density at radius 2 is 1.06 bits per heavy atom. The van der Waals surface area contributed by atoms with Crippen LogP contribution >= 0.6 is 0 Å². The highest BCUT2D eigenvalue weighted by atomic mass is 16.3. The van der Waals surface area contributed by atoms with Crippen LogP contribution in [0.3, 0.4) is 0 Å². The Kier molecular flexibility index (Phi) is 3.80. The van der Waals surface area contributed by atoms with E-state index in [-0.39, 0.29) is 0 Å². The first-order chi connectivity index (χ1) is 16.3. The molecule has 0 unspecified atom stereocenters. The van der Waals surface area contributed by atoms with Crippen molar-refractivity contribution in [2.24, 2.45) is 0 Å². The summed E-state index contributed by atoms with van der Waals surface area (Å²) in [5.74, 6) is 0. The van der Waals surface area contributed by atoms with Gasteiger partial charge in [0.05, 0.1) is 0 Å². The number of hydrogen-bond acceptors (Lipinski definition) is 2. The van der Waals surface area contributed by atoms with E-state index in [9.17, 15) is 0 Å². The van der Waals surface area contributed by atoms with Crippen molar-refractivity contribution in [2.45, 2.75) is 6.92 Å².